The van der Waals surface area contributed by atoms with E-state index in [0.29, 0.717) is 22.7 Å². The maximum absolute atomic E-state index is 12.2. The van der Waals surface area contributed by atoms with Crippen LogP contribution in [0.2, 0.25) is 0 Å². The molecular weight excluding hydrogens is 342 g/mol. The predicted octanol–water partition coefficient (Wildman–Crippen LogP) is 4.58. The Bertz CT molecular complexity index is 938. The van der Waals surface area contributed by atoms with Gasteiger partial charge in [-0.15, -0.1) is 0 Å². The smallest absolute Gasteiger partial charge is 0.338 e. The Kier molecular flexibility index (Phi) is 5.84. The van der Waals surface area contributed by atoms with Crippen LogP contribution in [-0.2, 0) is 9.53 Å². The molecule has 136 valence electrons. The summed E-state index contributed by atoms with van der Waals surface area (Å²) in [5, 5.41) is 2.69. The molecule has 5 nitrogen and oxygen atoms in total. The number of esters is 1. The highest BCUT2D eigenvalue weighted by atomic mass is 16.5. The number of carbonyl (C=O) groups is 2. The molecule has 0 aromatic heterocycles. The summed E-state index contributed by atoms with van der Waals surface area (Å²) in [6, 6.07) is 23.3. The summed E-state index contributed by atoms with van der Waals surface area (Å²) in [5.41, 5.74) is 2.00. The number of rotatable bonds is 6. The molecule has 5 heteroatoms. The zero-order valence-corrected chi connectivity index (χ0v) is 14.8. The van der Waals surface area contributed by atoms with Gasteiger partial charge in [-0.1, -0.05) is 36.4 Å². The van der Waals surface area contributed by atoms with E-state index in [2.05, 4.69) is 5.32 Å². The van der Waals surface area contributed by atoms with Crippen molar-refractivity contribution in [2.45, 2.75) is 6.92 Å². The molecule has 0 fully saturated rings. The van der Waals surface area contributed by atoms with Gasteiger partial charge in [0.05, 0.1) is 5.56 Å². The molecule has 0 aliphatic carbocycles. The first kappa shape index (κ1) is 18.2. The summed E-state index contributed by atoms with van der Waals surface area (Å²) in [6.45, 7) is 1.57. The molecule has 0 aliphatic heterocycles. The highest BCUT2D eigenvalue weighted by molar-refractivity contribution is 5.95. The van der Waals surface area contributed by atoms with Gasteiger partial charge in [-0.3, -0.25) is 4.79 Å². The van der Waals surface area contributed by atoms with Crippen molar-refractivity contribution in [1.29, 1.82) is 0 Å². The SMILES string of the molecule is Cc1cccc(NC(=O)COC(=O)c2cccc(Oc3ccccc3)c2)c1. The molecule has 0 aliphatic rings. The lowest BCUT2D eigenvalue weighted by Crippen LogP contribution is -2.20. The second-order valence-electron chi connectivity index (χ2n) is 5.94. The third-order valence-corrected chi connectivity index (χ3v) is 3.68. The molecule has 0 atom stereocenters. The molecule has 0 spiro atoms. The first-order valence-electron chi connectivity index (χ1n) is 8.47. The van der Waals surface area contributed by atoms with E-state index in [1.54, 1.807) is 30.3 Å². The Morgan fingerprint density at radius 2 is 1.59 bits per heavy atom. The molecule has 3 rings (SSSR count). The maximum atomic E-state index is 12.2. The number of aryl methyl sites for hydroxylation is 1. The van der Waals surface area contributed by atoms with Crippen molar-refractivity contribution >= 4 is 17.6 Å². The minimum atomic E-state index is -0.590. The number of para-hydroxylation sites is 1. The van der Waals surface area contributed by atoms with Gasteiger partial charge in [-0.05, 0) is 55.0 Å². The van der Waals surface area contributed by atoms with Gasteiger partial charge < -0.3 is 14.8 Å². The van der Waals surface area contributed by atoms with Gasteiger partial charge >= 0.3 is 5.97 Å². The van der Waals surface area contributed by atoms with Gasteiger partial charge in [-0.25, -0.2) is 4.79 Å². The molecule has 0 saturated heterocycles. The van der Waals surface area contributed by atoms with E-state index < -0.39 is 11.9 Å². The van der Waals surface area contributed by atoms with Gasteiger partial charge in [-0.2, -0.15) is 0 Å². The van der Waals surface area contributed by atoms with Crippen LogP contribution in [0.5, 0.6) is 11.5 Å². The van der Waals surface area contributed by atoms with Crippen molar-refractivity contribution in [1.82, 2.24) is 0 Å². The summed E-state index contributed by atoms with van der Waals surface area (Å²) in [7, 11) is 0. The quantitative estimate of drug-likeness (QED) is 0.653. The Balaban J connectivity index is 1.56. The topological polar surface area (TPSA) is 64.6 Å². The Labute approximate surface area is 157 Å². The minimum Gasteiger partial charge on any atom is -0.457 e. The summed E-state index contributed by atoms with van der Waals surface area (Å²) in [6.07, 6.45) is 0. The number of carbonyl (C=O) groups excluding carboxylic acids is 2. The number of benzene rings is 3. The number of ether oxygens (including phenoxy) is 2. The molecule has 0 heterocycles. The standard InChI is InChI=1S/C22H19NO4/c1-16-7-5-9-18(13-16)23-21(24)15-26-22(25)17-8-6-12-20(14-17)27-19-10-3-2-4-11-19/h2-14H,15H2,1H3,(H,23,24). The minimum absolute atomic E-state index is 0.312. The number of amides is 1. The van der Waals surface area contributed by atoms with Crippen LogP contribution in [0.3, 0.4) is 0 Å². The van der Waals surface area contributed by atoms with Crippen LogP contribution in [0.25, 0.3) is 0 Å². The average molecular weight is 361 g/mol. The van der Waals surface area contributed by atoms with Crippen LogP contribution >= 0.6 is 0 Å². The van der Waals surface area contributed by atoms with Crippen LogP contribution in [0.1, 0.15) is 15.9 Å². The normalized spacial score (nSPS) is 10.1. The van der Waals surface area contributed by atoms with Crippen molar-refractivity contribution in [3.05, 3.63) is 90.0 Å². The molecule has 0 bridgehead atoms. The van der Waals surface area contributed by atoms with Gasteiger partial charge in [0.15, 0.2) is 6.61 Å². The Morgan fingerprint density at radius 3 is 2.37 bits per heavy atom. The summed E-state index contributed by atoms with van der Waals surface area (Å²) >= 11 is 0. The first-order valence-corrected chi connectivity index (χ1v) is 8.47. The number of hydrogen-bond donors (Lipinski definition) is 1. The molecule has 27 heavy (non-hydrogen) atoms. The van der Waals surface area contributed by atoms with Crippen LogP contribution in [0, 0.1) is 6.92 Å². The van der Waals surface area contributed by atoms with Crippen molar-refractivity contribution in [3.63, 3.8) is 0 Å². The second-order valence-corrected chi connectivity index (χ2v) is 5.94. The van der Waals surface area contributed by atoms with Gasteiger partial charge in [0.1, 0.15) is 11.5 Å². The van der Waals surface area contributed by atoms with Crippen LogP contribution in [-0.4, -0.2) is 18.5 Å². The number of hydrogen-bond acceptors (Lipinski definition) is 4. The Morgan fingerprint density at radius 1 is 0.852 bits per heavy atom. The molecule has 1 N–H and O–H groups in total. The van der Waals surface area contributed by atoms with E-state index in [1.165, 1.54) is 0 Å². The summed E-state index contributed by atoms with van der Waals surface area (Å²) < 4.78 is 10.8. The van der Waals surface area contributed by atoms with Gasteiger partial charge in [0.2, 0.25) is 0 Å². The molecule has 0 unspecified atom stereocenters. The van der Waals surface area contributed by atoms with E-state index >= 15 is 0 Å². The lowest BCUT2D eigenvalue weighted by atomic mass is 10.2. The van der Waals surface area contributed by atoms with E-state index in [1.807, 2.05) is 55.5 Å². The van der Waals surface area contributed by atoms with Crippen molar-refractivity contribution < 1.29 is 19.1 Å². The Hall–Kier alpha value is -3.60. The number of nitrogens with one attached hydrogen (secondary N) is 1. The zero-order valence-electron chi connectivity index (χ0n) is 14.8. The van der Waals surface area contributed by atoms with Gasteiger partial charge in [0.25, 0.3) is 5.91 Å². The van der Waals surface area contributed by atoms with E-state index in [9.17, 15) is 9.59 Å². The molecule has 3 aromatic rings. The fourth-order valence-electron chi connectivity index (χ4n) is 2.45. The number of anilines is 1. The summed E-state index contributed by atoms with van der Waals surface area (Å²) in [4.78, 5) is 24.2. The van der Waals surface area contributed by atoms with Crippen molar-refractivity contribution in [3.8, 4) is 11.5 Å². The van der Waals surface area contributed by atoms with E-state index in [0.717, 1.165) is 5.56 Å². The highest BCUT2D eigenvalue weighted by Crippen LogP contribution is 2.22. The monoisotopic (exact) mass is 361 g/mol. The predicted molar refractivity (Wildman–Crippen MR) is 103 cm³/mol. The maximum Gasteiger partial charge on any atom is 0.338 e. The van der Waals surface area contributed by atoms with Crippen LogP contribution in [0.4, 0.5) is 5.69 Å². The van der Waals surface area contributed by atoms with E-state index in [4.69, 9.17) is 9.47 Å². The fraction of sp³-hybridized carbons (Fsp3) is 0.0909. The third kappa shape index (κ3) is 5.44. The third-order valence-electron chi connectivity index (χ3n) is 3.68. The van der Waals surface area contributed by atoms with Crippen molar-refractivity contribution in [2.75, 3.05) is 11.9 Å². The highest BCUT2D eigenvalue weighted by Gasteiger charge is 2.11. The average Bonchev–Trinajstić information content (AvgIpc) is 2.67. The largest absolute Gasteiger partial charge is 0.457 e. The summed E-state index contributed by atoms with van der Waals surface area (Å²) in [5.74, 6) is 0.193. The molecule has 3 aromatic carbocycles. The van der Waals surface area contributed by atoms with Crippen LogP contribution in [0.15, 0.2) is 78.9 Å². The fourth-order valence-corrected chi connectivity index (χ4v) is 2.45. The second kappa shape index (κ2) is 8.67. The zero-order chi connectivity index (χ0) is 19.1. The molecule has 0 saturated carbocycles. The van der Waals surface area contributed by atoms with E-state index in [-0.39, 0.29) is 6.61 Å². The molecule has 1 amide bonds. The van der Waals surface area contributed by atoms with Gasteiger partial charge in [0, 0.05) is 5.69 Å². The first-order chi connectivity index (χ1) is 13.1. The van der Waals surface area contributed by atoms with Crippen molar-refractivity contribution in [2.24, 2.45) is 0 Å². The molecule has 0 radical (unpaired) electrons. The molecular formula is C22H19NO4. The van der Waals surface area contributed by atoms with Crippen LogP contribution < -0.4 is 10.1 Å². The lowest BCUT2D eigenvalue weighted by Gasteiger charge is -2.09. The lowest BCUT2D eigenvalue weighted by molar-refractivity contribution is -0.119.